The average Bonchev–Trinajstić information content (AvgIpc) is 2.46. The van der Waals surface area contributed by atoms with Gasteiger partial charge in [0.05, 0.1) is 12.6 Å². The molecule has 0 atom stereocenters. The number of hydrogen-bond acceptors (Lipinski definition) is 3. The lowest BCUT2D eigenvalue weighted by Gasteiger charge is -2.03. The number of carbonyl (C=O) groups excluding carboxylic acids is 1. The van der Waals surface area contributed by atoms with Crippen LogP contribution < -0.4 is 5.43 Å². The van der Waals surface area contributed by atoms with Crippen molar-refractivity contribution < 1.29 is 9.90 Å². The molecule has 0 aliphatic rings. The second-order valence-corrected chi connectivity index (χ2v) is 5.05. The first-order chi connectivity index (χ1) is 10.1. The van der Waals surface area contributed by atoms with E-state index in [2.05, 4.69) is 10.5 Å². The fourth-order valence-electron chi connectivity index (χ4n) is 1.79. The third-order valence-electron chi connectivity index (χ3n) is 2.94. The molecule has 0 unspecified atom stereocenters. The molecule has 0 aliphatic heterocycles. The fraction of sp³-hybridized carbons (Fsp3) is 0.125. The van der Waals surface area contributed by atoms with Crippen LogP contribution in [-0.2, 0) is 11.2 Å². The van der Waals surface area contributed by atoms with Gasteiger partial charge in [-0.3, -0.25) is 4.79 Å². The summed E-state index contributed by atoms with van der Waals surface area (Å²) in [6.07, 6.45) is 1.64. The summed E-state index contributed by atoms with van der Waals surface area (Å²) in [5.41, 5.74) is 4.59. The summed E-state index contributed by atoms with van der Waals surface area (Å²) in [6, 6.07) is 12.4. The number of halogens is 1. The second kappa shape index (κ2) is 6.90. The Morgan fingerprint density at radius 3 is 2.71 bits per heavy atom. The first kappa shape index (κ1) is 15.1. The summed E-state index contributed by atoms with van der Waals surface area (Å²) in [6.45, 7) is 1.80. The number of rotatable bonds is 4. The Balaban J connectivity index is 1.93. The van der Waals surface area contributed by atoms with Crippen molar-refractivity contribution in [2.45, 2.75) is 13.3 Å². The van der Waals surface area contributed by atoms with E-state index in [0.717, 1.165) is 11.1 Å². The Bertz CT molecular complexity index is 666. The Labute approximate surface area is 128 Å². The number of phenolic OH excluding ortho intramolecular Hbond substituents is 1. The molecule has 2 aromatic carbocycles. The molecule has 2 aromatic rings. The highest BCUT2D eigenvalue weighted by Crippen LogP contribution is 2.19. The van der Waals surface area contributed by atoms with Crippen molar-refractivity contribution in [3.63, 3.8) is 0 Å². The zero-order chi connectivity index (χ0) is 15.2. The number of benzene rings is 2. The molecule has 21 heavy (non-hydrogen) atoms. The van der Waals surface area contributed by atoms with Crippen molar-refractivity contribution in [3.8, 4) is 5.75 Å². The van der Waals surface area contributed by atoms with E-state index in [4.69, 9.17) is 11.6 Å². The summed E-state index contributed by atoms with van der Waals surface area (Å²) in [4.78, 5) is 11.7. The van der Waals surface area contributed by atoms with E-state index in [-0.39, 0.29) is 18.1 Å². The molecule has 108 valence electrons. The lowest BCUT2D eigenvalue weighted by Crippen LogP contribution is -2.19. The van der Waals surface area contributed by atoms with E-state index < -0.39 is 0 Å². The van der Waals surface area contributed by atoms with Gasteiger partial charge in [0.15, 0.2) is 0 Å². The minimum absolute atomic E-state index is 0.160. The summed E-state index contributed by atoms with van der Waals surface area (Å²) in [5.74, 6) is -0.0751. The zero-order valence-corrected chi connectivity index (χ0v) is 12.3. The lowest BCUT2D eigenvalue weighted by molar-refractivity contribution is -0.120. The smallest absolute Gasteiger partial charge is 0.244 e. The predicted molar refractivity (Wildman–Crippen MR) is 83.7 cm³/mol. The Hall–Kier alpha value is -2.33. The number of phenols is 1. The van der Waals surface area contributed by atoms with Gasteiger partial charge in [-0.25, -0.2) is 5.43 Å². The van der Waals surface area contributed by atoms with Crippen LogP contribution in [-0.4, -0.2) is 17.2 Å². The normalized spacial score (nSPS) is 10.8. The van der Waals surface area contributed by atoms with Gasteiger partial charge in [-0.15, -0.1) is 0 Å². The molecule has 1 amide bonds. The predicted octanol–water partition coefficient (Wildman–Crippen LogP) is 3.05. The topological polar surface area (TPSA) is 61.7 Å². The van der Waals surface area contributed by atoms with Crippen LogP contribution >= 0.6 is 11.6 Å². The highest BCUT2D eigenvalue weighted by atomic mass is 35.5. The van der Waals surface area contributed by atoms with Gasteiger partial charge >= 0.3 is 0 Å². The van der Waals surface area contributed by atoms with Crippen molar-refractivity contribution in [2.75, 3.05) is 0 Å². The number of amides is 1. The van der Waals surface area contributed by atoms with Crippen molar-refractivity contribution in [3.05, 3.63) is 64.2 Å². The standard InChI is InChI=1S/C16H15ClN2O2/c1-11-3-2-4-13(16(11)21)10-18-19-15(20)9-12-5-7-14(17)8-6-12/h2-8,10,21H,9H2,1H3,(H,19,20). The minimum atomic E-state index is -0.235. The van der Waals surface area contributed by atoms with Crippen molar-refractivity contribution in [1.29, 1.82) is 0 Å². The van der Waals surface area contributed by atoms with Crippen LogP contribution in [0.5, 0.6) is 5.75 Å². The highest BCUT2D eigenvalue weighted by molar-refractivity contribution is 6.30. The molecule has 2 rings (SSSR count). The molecule has 0 fully saturated rings. The summed E-state index contributed by atoms with van der Waals surface area (Å²) < 4.78 is 0. The fourth-order valence-corrected chi connectivity index (χ4v) is 1.91. The largest absolute Gasteiger partial charge is 0.507 e. The zero-order valence-electron chi connectivity index (χ0n) is 11.5. The maximum Gasteiger partial charge on any atom is 0.244 e. The molecular formula is C16H15ClN2O2. The first-order valence-electron chi connectivity index (χ1n) is 6.41. The highest BCUT2D eigenvalue weighted by Gasteiger charge is 2.03. The molecule has 0 aliphatic carbocycles. The molecule has 0 saturated heterocycles. The van der Waals surface area contributed by atoms with Crippen LogP contribution in [0.25, 0.3) is 0 Å². The van der Waals surface area contributed by atoms with E-state index in [0.29, 0.717) is 10.6 Å². The molecule has 2 N–H and O–H groups in total. The van der Waals surface area contributed by atoms with E-state index in [1.807, 2.05) is 6.07 Å². The number of hydrazone groups is 1. The van der Waals surface area contributed by atoms with Gasteiger partial charge in [0, 0.05) is 10.6 Å². The van der Waals surface area contributed by atoms with Gasteiger partial charge in [-0.05, 0) is 36.2 Å². The third-order valence-corrected chi connectivity index (χ3v) is 3.19. The third kappa shape index (κ3) is 4.33. The van der Waals surface area contributed by atoms with Crippen LogP contribution in [0.3, 0.4) is 0 Å². The molecule has 0 aromatic heterocycles. The van der Waals surface area contributed by atoms with E-state index in [1.165, 1.54) is 6.21 Å². The molecular weight excluding hydrogens is 288 g/mol. The van der Waals surface area contributed by atoms with Crippen LogP contribution in [0, 0.1) is 6.92 Å². The summed E-state index contributed by atoms with van der Waals surface area (Å²) >= 11 is 5.78. The second-order valence-electron chi connectivity index (χ2n) is 4.61. The van der Waals surface area contributed by atoms with Gasteiger partial charge in [0.1, 0.15) is 5.75 Å². The van der Waals surface area contributed by atoms with Crippen molar-refractivity contribution in [2.24, 2.45) is 5.10 Å². The molecule has 0 heterocycles. The van der Waals surface area contributed by atoms with Gasteiger partial charge in [0.2, 0.25) is 5.91 Å². The monoisotopic (exact) mass is 302 g/mol. The number of para-hydroxylation sites is 1. The molecule has 0 radical (unpaired) electrons. The number of nitrogens with one attached hydrogen (secondary N) is 1. The number of aryl methyl sites for hydroxylation is 1. The van der Waals surface area contributed by atoms with Gasteiger partial charge < -0.3 is 5.11 Å². The Morgan fingerprint density at radius 1 is 1.29 bits per heavy atom. The van der Waals surface area contributed by atoms with Crippen LogP contribution in [0.4, 0.5) is 0 Å². The van der Waals surface area contributed by atoms with E-state index >= 15 is 0 Å². The van der Waals surface area contributed by atoms with Crippen LogP contribution in [0.15, 0.2) is 47.6 Å². The molecule has 5 heteroatoms. The van der Waals surface area contributed by atoms with E-state index in [1.54, 1.807) is 43.3 Å². The number of nitrogens with zero attached hydrogens (tertiary/aromatic N) is 1. The minimum Gasteiger partial charge on any atom is -0.507 e. The summed E-state index contributed by atoms with van der Waals surface area (Å²) in [5, 5.41) is 14.3. The van der Waals surface area contributed by atoms with Crippen LogP contribution in [0.1, 0.15) is 16.7 Å². The number of carbonyl (C=O) groups is 1. The molecule has 0 bridgehead atoms. The maximum absolute atomic E-state index is 11.7. The number of aromatic hydroxyl groups is 1. The van der Waals surface area contributed by atoms with Gasteiger partial charge in [-0.2, -0.15) is 5.10 Å². The molecule has 4 nitrogen and oxygen atoms in total. The maximum atomic E-state index is 11.7. The lowest BCUT2D eigenvalue weighted by atomic mass is 10.1. The van der Waals surface area contributed by atoms with Gasteiger partial charge in [-0.1, -0.05) is 35.9 Å². The first-order valence-corrected chi connectivity index (χ1v) is 6.79. The van der Waals surface area contributed by atoms with Crippen molar-refractivity contribution in [1.82, 2.24) is 5.43 Å². The van der Waals surface area contributed by atoms with Crippen LogP contribution in [0.2, 0.25) is 5.02 Å². The van der Waals surface area contributed by atoms with Gasteiger partial charge in [0.25, 0.3) is 0 Å². The summed E-state index contributed by atoms with van der Waals surface area (Å²) in [7, 11) is 0. The quantitative estimate of drug-likeness (QED) is 0.673. The SMILES string of the molecule is Cc1cccc(C=NNC(=O)Cc2ccc(Cl)cc2)c1O. The Kier molecular flexibility index (Phi) is 4.95. The Morgan fingerprint density at radius 2 is 2.00 bits per heavy atom. The van der Waals surface area contributed by atoms with E-state index in [9.17, 15) is 9.90 Å². The molecule has 0 saturated carbocycles. The molecule has 0 spiro atoms. The average molecular weight is 303 g/mol. The van der Waals surface area contributed by atoms with Crippen molar-refractivity contribution >= 4 is 23.7 Å². The number of hydrogen-bond donors (Lipinski definition) is 2.